The molecule has 4 rings (SSSR count). The maximum atomic E-state index is 5.38. The zero-order chi connectivity index (χ0) is 16.4. The normalized spacial score (nSPS) is 11.3. The first-order valence-corrected chi connectivity index (χ1v) is 7.73. The molecule has 24 heavy (non-hydrogen) atoms. The van der Waals surface area contributed by atoms with Crippen molar-refractivity contribution in [1.29, 1.82) is 0 Å². The highest BCUT2D eigenvalue weighted by atomic mass is 15.3. The molecule has 0 aliphatic rings. The Morgan fingerprint density at radius 1 is 0.875 bits per heavy atom. The molecule has 0 atom stereocenters. The average molecular weight is 312 g/mol. The summed E-state index contributed by atoms with van der Waals surface area (Å²) in [6.45, 7) is 0. The van der Waals surface area contributed by atoms with Crippen LogP contribution in [0.4, 0.5) is 0 Å². The Balaban J connectivity index is 1.87. The third-order valence-corrected chi connectivity index (χ3v) is 4.00. The Morgan fingerprint density at radius 3 is 2.42 bits per heavy atom. The molecular formula is C20H16N4. The summed E-state index contributed by atoms with van der Waals surface area (Å²) in [5, 5.41) is 10.8. The van der Waals surface area contributed by atoms with Crippen molar-refractivity contribution in [3.63, 3.8) is 0 Å². The van der Waals surface area contributed by atoms with E-state index in [1.165, 1.54) is 10.8 Å². The first-order chi connectivity index (χ1) is 11.8. The highest BCUT2D eigenvalue weighted by Crippen LogP contribution is 2.26. The summed E-state index contributed by atoms with van der Waals surface area (Å²) >= 11 is 0. The van der Waals surface area contributed by atoms with E-state index in [0.29, 0.717) is 0 Å². The van der Waals surface area contributed by atoms with Gasteiger partial charge in [0.1, 0.15) is 5.69 Å². The molecule has 0 aliphatic carbocycles. The van der Waals surface area contributed by atoms with Crippen LogP contribution in [0.15, 0.2) is 84.1 Å². The van der Waals surface area contributed by atoms with Gasteiger partial charge in [-0.05, 0) is 29.0 Å². The summed E-state index contributed by atoms with van der Waals surface area (Å²) < 4.78 is 1.85. The molecule has 0 saturated heterocycles. The second-order valence-corrected chi connectivity index (χ2v) is 5.55. The van der Waals surface area contributed by atoms with Crippen LogP contribution in [0.25, 0.3) is 27.7 Å². The number of rotatable bonds is 3. The molecule has 0 fully saturated rings. The molecule has 0 unspecified atom stereocenters. The van der Waals surface area contributed by atoms with Crippen LogP contribution in [-0.4, -0.2) is 16.0 Å². The Labute approximate surface area is 139 Å². The monoisotopic (exact) mass is 312 g/mol. The van der Waals surface area contributed by atoms with Crippen LogP contribution in [0.5, 0.6) is 0 Å². The lowest BCUT2D eigenvalue weighted by atomic mass is 10.0. The fourth-order valence-electron chi connectivity index (χ4n) is 2.84. The minimum Gasteiger partial charge on any atom is -0.323 e. The summed E-state index contributed by atoms with van der Waals surface area (Å²) in [6, 6.07) is 24.6. The maximum Gasteiger partial charge on any atom is 0.102 e. The molecule has 116 valence electrons. The standard InChI is InChI=1S/C20H16N4/c21-22-13-18-14-24(19-8-2-1-3-9-19)23-20(18)17-11-10-15-6-4-5-7-16(15)12-17/h1-14H,21H2/b22-13+. The molecule has 1 aromatic heterocycles. The number of nitrogens with two attached hydrogens (primary N) is 1. The molecule has 0 spiro atoms. The SMILES string of the molecule is N/N=C/c1cn(-c2ccccc2)nc1-c1ccc2ccccc2c1. The fourth-order valence-corrected chi connectivity index (χ4v) is 2.84. The van der Waals surface area contributed by atoms with Crippen LogP contribution in [0.3, 0.4) is 0 Å². The number of benzene rings is 3. The first-order valence-electron chi connectivity index (χ1n) is 7.73. The van der Waals surface area contributed by atoms with E-state index in [9.17, 15) is 0 Å². The number of hydrazone groups is 1. The van der Waals surface area contributed by atoms with Gasteiger partial charge in [0, 0.05) is 17.3 Å². The summed E-state index contributed by atoms with van der Waals surface area (Å²) in [5.74, 6) is 5.38. The number of hydrogen-bond acceptors (Lipinski definition) is 3. The van der Waals surface area contributed by atoms with Gasteiger partial charge in [-0.15, -0.1) is 0 Å². The molecule has 0 bridgehead atoms. The molecule has 0 radical (unpaired) electrons. The molecule has 0 saturated carbocycles. The van der Waals surface area contributed by atoms with Crippen LogP contribution in [0, 0.1) is 0 Å². The molecule has 4 heteroatoms. The third kappa shape index (κ3) is 2.54. The van der Waals surface area contributed by atoms with Gasteiger partial charge in [0.05, 0.1) is 11.9 Å². The first kappa shape index (κ1) is 14.2. The van der Waals surface area contributed by atoms with Gasteiger partial charge in [0.15, 0.2) is 0 Å². The molecule has 2 N–H and O–H groups in total. The predicted molar refractivity (Wildman–Crippen MR) is 98.3 cm³/mol. The van der Waals surface area contributed by atoms with Crippen molar-refractivity contribution in [3.05, 3.63) is 84.6 Å². The predicted octanol–water partition coefficient (Wildman–Crippen LogP) is 3.99. The fraction of sp³-hybridized carbons (Fsp3) is 0. The molecule has 0 aliphatic heterocycles. The van der Waals surface area contributed by atoms with Crippen molar-refractivity contribution in [2.24, 2.45) is 10.9 Å². The lowest BCUT2D eigenvalue weighted by molar-refractivity contribution is 0.884. The number of fused-ring (bicyclic) bond motifs is 1. The van der Waals surface area contributed by atoms with Gasteiger partial charge in [-0.3, -0.25) is 0 Å². The average Bonchev–Trinajstić information content (AvgIpc) is 3.06. The van der Waals surface area contributed by atoms with E-state index in [1.54, 1.807) is 6.21 Å². The zero-order valence-corrected chi connectivity index (χ0v) is 13.0. The van der Waals surface area contributed by atoms with E-state index in [2.05, 4.69) is 35.4 Å². The van der Waals surface area contributed by atoms with E-state index in [1.807, 2.05) is 53.3 Å². The van der Waals surface area contributed by atoms with E-state index < -0.39 is 0 Å². The van der Waals surface area contributed by atoms with Crippen molar-refractivity contribution in [2.75, 3.05) is 0 Å². The van der Waals surface area contributed by atoms with Gasteiger partial charge < -0.3 is 5.84 Å². The van der Waals surface area contributed by atoms with E-state index in [0.717, 1.165) is 22.5 Å². The van der Waals surface area contributed by atoms with Crippen LogP contribution < -0.4 is 5.84 Å². The molecule has 4 aromatic rings. The van der Waals surface area contributed by atoms with Crippen LogP contribution in [0.2, 0.25) is 0 Å². The Morgan fingerprint density at radius 2 is 1.62 bits per heavy atom. The van der Waals surface area contributed by atoms with Gasteiger partial charge in [0.25, 0.3) is 0 Å². The van der Waals surface area contributed by atoms with E-state index in [4.69, 9.17) is 10.9 Å². The van der Waals surface area contributed by atoms with Crippen molar-refractivity contribution in [3.8, 4) is 16.9 Å². The summed E-state index contributed by atoms with van der Waals surface area (Å²) in [5.41, 5.74) is 3.78. The lowest BCUT2D eigenvalue weighted by Crippen LogP contribution is -1.94. The third-order valence-electron chi connectivity index (χ3n) is 4.00. The Kier molecular flexibility index (Phi) is 3.56. The smallest absolute Gasteiger partial charge is 0.102 e. The van der Waals surface area contributed by atoms with Crippen LogP contribution in [-0.2, 0) is 0 Å². The van der Waals surface area contributed by atoms with Gasteiger partial charge in [-0.2, -0.15) is 10.2 Å². The van der Waals surface area contributed by atoms with Gasteiger partial charge >= 0.3 is 0 Å². The van der Waals surface area contributed by atoms with Gasteiger partial charge in [-0.25, -0.2) is 4.68 Å². The molecule has 4 nitrogen and oxygen atoms in total. The van der Waals surface area contributed by atoms with Crippen molar-refractivity contribution >= 4 is 17.0 Å². The Bertz CT molecular complexity index is 1020. The molecule has 1 heterocycles. The second-order valence-electron chi connectivity index (χ2n) is 5.55. The highest BCUT2D eigenvalue weighted by molar-refractivity contribution is 5.92. The van der Waals surface area contributed by atoms with Gasteiger partial charge in [0.2, 0.25) is 0 Å². The number of nitrogens with zero attached hydrogens (tertiary/aromatic N) is 3. The topological polar surface area (TPSA) is 56.2 Å². The van der Waals surface area contributed by atoms with Crippen molar-refractivity contribution < 1.29 is 0 Å². The summed E-state index contributed by atoms with van der Waals surface area (Å²) in [4.78, 5) is 0. The minimum atomic E-state index is 0.860. The zero-order valence-electron chi connectivity index (χ0n) is 13.0. The highest BCUT2D eigenvalue weighted by Gasteiger charge is 2.11. The van der Waals surface area contributed by atoms with E-state index >= 15 is 0 Å². The number of hydrogen-bond donors (Lipinski definition) is 1. The molecular weight excluding hydrogens is 296 g/mol. The quantitative estimate of drug-likeness (QED) is 0.353. The van der Waals surface area contributed by atoms with Crippen molar-refractivity contribution in [1.82, 2.24) is 9.78 Å². The molecule has 0 amide bonds. The minimum absolute atomic E-state index is 0.860. The second kappa shape index (κ2) is 6.01. The largest absolute Gasteiger partial charge is 0.323 e. The molecule has 3 aromatic carbocycles. The Hall–Kier alpha value is -3.40. The summed E-state index contributed by atoms with van der Waals surface area (Å²) in [7, 11) is 0. The van der Waals surface area contributed by atoms with Crippen molar-refractivity contribution in [2.45, 2.75) is 0 Å². The maximum absolute atomic E-state index is 5.38. The van der Waals surface area contributed by atoms with E-state index in [-0.39, 0.29) is 0 Å². The van der Waals surface area contributed by atoms with Crippen LogP contribution >= 0.6 is 0 Å². The summed E-state index contributed by atoms with van der Waals surface area (Å²) in [6.07, 6.45) is 3.58. The number of aromatic nitrogens is 2. The number of para-hydroxylation sites is 1. The van der Waals surface area contributed by atoms with Gasteiger partial charge in [-0.1, -0.05) is 54.6 Å². The van der Waals surface area contributed by atoms with Crippen LogP contribution in [0.1, 0.15) is 5.56 Å². The lowest BCUT2D eigenvalue weighted by Gasteiger charge is -2.03.